The molecule has 1 aliphatic heterocycles. The highest BCUT2D eigenvalue weighted by molar-refractivity contribution is 7.99. The van der Waals surface area contributed by atoms with Gasteiger partial charge in [-0.15, -0.1) is 23.6 Å². The summed E-state index contributed by atoms with van der Waals surface area (Å²) in [6.45, 7) is 5.13. The number of rotatable bonds is 6. The van der Waals surface area contributed by atoms with Gasteiger partial charge in [-0.2, -0.15) is 0 Å². The molecule has 0 aliphatic carbocycles. The molecule has 1 heterocycles. The molecule has 0 aromatic heterocycles. The van der Waals surface area contributed by atoms with E-state index in [0.717, 1.165) is 37.3 Å². The number of hydrogen-bond donors (Lipinski definition) is 1. The number of hydrogen-bond acceptors (Lipinski definition) is 3. The Kier molecular flexibility index (Phi) is 6.29. The average molecular weight is 289 g/mol. The largest absolute Gasteiger partial charge is 0.487 e. The van der Waals surface area contributed by atoms with Gasteiger partial charge in [-0.05, 0) is 38.4 Å². The van der Waals surface area contributed by atoms with Crippen LogP contribution in [0.4, 0.5) is 0 Å². The monoisotopic (exact) mass is 289 g/mol. The molecule has 0 spiro atoms. The van der Waals surface area contributed by atoms with Crippen molar-refractivity contribution in [2.24, 2.45) is 0 Å². The van der Waals surface area contributed by atoms with E-state index in [0.29, 0.717) is 6.04 Å². The molecule has 0 amide bonds. The highest BCUT2D eigenvalue weighted by Crippen LogP contribution is 2.36. The number of nitrogens with one attached hydrogen (secondary N) is 1. The highest BCUT2D eigenvalue weighted by Gasteiger charge is 2.27. The van der Waals surface area contributed by atoms with E-state index in [1.165, 1.54) is 4.90 Å². The topological polar surface area (TPSA) is 21.3 Å². The van der Waals surface area contributed by atoms with E-state index in [1.54, 1.807) is 0 Å². The van der Waals surface area contributed by atoms with Gasteiger partial charge in [-0.1, -0.05) is 19.1 Å². The summed E-state index contributed by atoms with van der Waals surface area (Å²) in [5, 5.41) is 3.62. The van der Waals surface area contributed by atoms with Crippen molar-refractivity contribution in [3.63, 3.8) is 0 Å². The van der Waals surface area contributed by atoms with Gasteiger partial charge < -0.3 is 10.1 Å². The van der Waals surface area contributed by atoms with Crippen molar-refractivity contribution in [1.82, 2.24) is 5.32 Å². The van der Waals surface area contributed by atoms with Gasteiger partial charge in [0, 0.05) is 23.1 Å². The third kappa shape index (κ3) is 4.19. The standard InChI is InChI=1S/C17H23NOS/c1-3-5-6-9-14(18-12-4-2)16-13-20-17-11-8-7-10-15(17)19-16/h7-8,10-11,14,16,18H,4,6,9,12-13H2,1-2H3. The predicted molar refractivity (Wildman–Crippen MR) is 86.3 cm³/mol. The van der Waals surface area contributed by atoms with Crippen LogP contribution in [0.15, 0.2) is 29.2 Å². The molecule has 1 aromatic carbocycles. The van der Waals surface area contributed by atoms with Crippen LogP contribution >= 0.6 is 11.8 Å². The second kappa shape index (κ2) is 8.24. The predicted octanol–water partition coefficient (Wildman–Crippen LogP) is 3.71. The Bertz CT molecular complexity index is 477. The number of fused-ring (bicyclic) bond motifs is 1. The zero-order valence-electron chi connectivity index (χ0n) is 12.3. The number of para-hydroxylation sites is 1. The van der Waals surface area contributed by atoms with Crippen LogP contribution < -0.4 is 10.1 Å². The SMILES string of the molecule is CC#CCCC(NCCC)C1CSc2ccccc2O1. The van der Waals surface area contributed by atoms with Crippen molar-refractivity contribution in [2.45, 2.75) is 50.2 Å². The molecule has 3 heteroatoms. The van der Waals surface area contributed by atoms with Crippen LogP contribution in [0.2, 0.25) is 0 Å². The lowest BCUT2D eigenvalue weighted by molar-refractivity contribution is 0.161. The molecule has 0 radical (unpaired) electrons. The van der Waals surface area contributed by atoms with E-state index in [2.05, 4.69) is 42.3 Å². The van der Waals surface area contributed by atoms with Crippen LogP contribution in [0.5, 0.6) is 5.75 Å². The molecule has 0 fully saturated rings. The van der Waals surface area contributed by atoms with Crippen LogP contribution in [0.1, 0.15) is 33.1 Å². The van der Waals surface area contributed by atoms with Gasteiger partial charge in [0.1, 0.15) is 11.9 Å². The van der Waals surface area contributed by atoms with Gasteiger partial charge in [0.2, 0.25) is 0 Å². The van der Waals surface area contributed by atoms with E-state index in [1.807, 2.05) is 24.8 Å². The summed E-state index contributed by atoms with van der Waals surface area (Å²) in [4.78, 5) is 1.26. The Morgan fingerprint density at radius 2 is 2.30 bits per heavy atom. The lowest BCUT2D eigenvalue weighted by Gasteiger charge is -2.32. The minimum Gasteiger partial charge on any atom is -0.487 e. The molecule has 20 heavy (non-hydrogen) atoms. The fourth-order valence-electron chi connectivity index (χ4n) is 2.34. The van der Waals surface area contributed by atoms with Crippen molar-refractivity contribution < 1.29 is 4.74 Å². The zero-order valence-corrected chi connectivity index (χ0v) is 13.1. The van der Waals surface area contributed by atoms with Crippen molar-refractivity contribution >= 4 is 11.8 Å². The van der Waals surface area contributed by atoms with E-state index < -0.39 is 0 Å². The summed E-state index contributed by atoms with van der Waals surface area (Å²) in [5.41, 5.74) is 0. The smallest absolute Gasteiger partial charge is 0.133 e. The van der Waals surface area contributed by atoms with E-state index in [9.17, 15) is 0 Å². The third-order valence-corrected chi connectivity index (χ3v) is 4.54. The Morgan fingerprint density at radius 3 is 3.10 bits per heavy atom. The third-order valence-electron chi connectivity index (χ3n) is 3.39. The molecule has 0 saturated carbocycles. The molecular weight excluding hydrogens is 266 g/mol. The first-order valence-electron chi connectivity index (χ1n) is 7.36. The maximum Gasteiger partial charge on any atom is 0.133 e. The summed E-state index contributed by atoms with van der Waals surface area (Å²) in [6, 6.07) is 8.69. The molecule has 2 unspecified atom stereocenters. The maximum atomic E-state index is 6.19. The summed E-state index contributed by atoms with van der Waals surface area (Å²) < 4.78 is 6.19. The second-order valence-electron chi connectivity index (χ2n) is 4.94. The molecule has 2 atom stereocenters. The minimum absolute atomic E-state index is 0.236. The summed E-state index contributed by atoms with van der Waals surface area (Å²) in [6.07, 6.45) is 3.37. The normalized spacial score (nSPS) is 18.4. The first-order chi connectivity index (χ1) is 9.85. The van der Waals surface area contributed by atoms with Crippen molar-refractivity contribution in [1.29, 1.82) is 0 Å². The lowest BCUT2D eigenvalue weighted by atomic mass is 10.1. The average Bonchev–Trinajstić information content (AvgIpc) is 2.50. The van der Waals surface area contributed by atoms with Crippen LogP contribution in [-0.2, 0) is 0 Å². The van der Waals surface area contributed by atoms with Crippen molar-refractivity contribution in [3.05, 3.63) is 24.3 Å². The van der Waals surface area contributed by atoms with Gasteiger partial charge in [0.25, 0.3) is 0 Å². The van der Waals surface area contributed by atoms with Crippen LogP contribution in [0.25, 0.3) is 0 Å². The molecule has 0 bridgehead atoms. The van der Waals surface area contributed by atoms with Gasteiger partial charge in [-0.25, -0.2) is 0 Å². The maximum absolute atomic E-state index is 6.19. The van der Waals surface area contributed by atoms with Gasteiger partial charge in [-0.3, -0.25) is 0 Å². The minimum atomic E-state index is 0.236. The van der Waals surface area contributed by atoms with Gasteiger partial charge >= 0.3 is 0 Å². The van der Waals surface area contributed by atoms with Gasteiger partial charge in [0.15, 0.2) is 0 Å². The summed E-state index contributed by atoms with van der Waals surface area (Å²) in [7, 11) is 0. The van der Waals surface area contributed by atoms with Crippen molar-refractivity contribution in [2.75, 3.05) is 12.3 Å². The number of benzene rings is 1. The van der Waals surface area contributed by atoms with E-state index in [-0.39, 0.29) is 6.10 Å². The molecule has 1 aliphatic rings. The zero-order chi connectivity index (χ0) is 14.2. The van der Waals surface area contributed by atoms with E-state index >= 15 is 0 Å². The van der Waals surface area contributed by atoms with Crippen LogP contribution in [0, 0.1) is 11.8 Å². The van der Waals surface area contributed by atoms with Crippen LogP contribution in [0.3, 0.4) is 0 Å². The fraction of sp³-hybridized carbons (Fsp3) is 0.529. The summed E-state index contributed by atoms with van der Waals surface area (Å²) >= 11 is 1.90. The quantitative estimate of drug-likeness (QED) is 0.807. The Labute approximate surface area is 126 Å². The Hall–Kier alpha value is -1.11. The Balaban J connectivity index is 1.99. The molecular formula is C17H23NOS. The molecule has 1 aromatic rings. The molecule has 2 nitrogen and oxygen atoms in total. The van der Waals surface area contributed by atoms with Crippen molar-refractivity contribution in [3.8, 4) is 17.6 Å². The van der Waals surface area contributed by atoms with E-state index in [4.69, 9.17) is 4.74 Å². The molecule has 0 saturated heterocycles. The first kappa shape index (κ1) is 15.3. The number of ether oxygens (including phenoxy) is 1. The second-order valence-corrected chi connectivity index (χ2v) is 6.00. The highest BCUT2D eigenvalue weighted by atomic mass is 32.2. The fourth-order valence-corrected chi connectivity index (χ4v) is 3.41. The van der Waals surface area contributed by atoms with Gasteiger partial charge in [0.05, 0.1) is 0 Å². The Morgan fingerprint density at radius 1 is 1.45 bits per heavy atom. The van der Waals surface area contributed by atoms with Crippen LogP contribution in [-0.4, -0.2) is 24.4 Å². The number of thioether (sulfide) groups is 1. The molecule has 2 rings (SSSR count). The molecule has 108 valence electrons. The lowest BCUT2D eigenvalue weighted by Crippen LogP contribution is -2.45. The first-order valence-corrected chi connectivity index (χ1v) is 8.35. The summed E-state index contributed by atoms with van der Waals surface area (Å²) in [5.74, 6) is 8.17. The molecule has 1 N–H and O–H groups in total.